The molecule has 284 valence electrons. The predicted molar refractivity (Wildman–Crippen MR) is 209 cm³/mol. The Morgan fingerprint density at radius 2 is 1.58 bits per heavy atom. The fourth-order valence-corrected chi connectivity index (χ4v) is 13.6. The number of allylic oxidation sites excluding steroid dienone is 6. The standard InChI is InChI=1S/C47H68NO4/c1-9-10-11-12-13-15-18-40(49)51-33-47-27-21-35(34(2)3)42(47)36-19-20-38-44(6)25-23-39(52-41(50)24-32-48-30-16-14-17-31-48)43(4,5)37(44)22-26-46(38,8)45(36,7)28-29-47/h9-14,16-17,30-31,35-39,42H,1-2,15,18-29,32-33H2,3-8H3/q+1/b11-10-,13-12-/t35-,36?,37?,38?,39-,42?,44-,45+,46+,47+/m0/s1. The highest BCUT2D eigenvalue weighted by molar-refractivity contribution is 5.69. The summed E-state index contributed by atoms with van der Waals surface area (Å²) in [5.74, 6) is 2.66. The fourth-order valence-electron chi connectivity index (χ4n) is 13.6. The molecule has 0 N–H and O–H groups in total. The van der Waals surface area contributed by atoms with Crippen LogP contribution in [-0.4, -0.2) is 24.6 Å². The zero-order chi connectivity index (χ0) is 37.4. The van der Waals surface area contributed by atoms with Crippen LogP contribution in [0.25, 0.3) is 0 Å². The molecule has 5 fully saturated rings. The lowest BCUT2D eigenvalue weighted by Crippen LogP contribution is -2.67. The van der Waals surface area contributed by atoms with Crippen LogP contribution in [0.3, 0.4) is 0 Å². The molecular formula is C47H68NO4+. The van der Waals surface area contributed by atoms with Crippen LogP contribution in [0, 0.1) is 56.7 Å². The average molecular weight is 711 g/mol. The molecule has 5 saturated carbocycles. The summed E-state index contributed by atoms with van der Waals surface area (Å²) >= 11 is 0. The number of ether oxygens (including phenoxy) is 2. The van der Waals surface area contributed by atoms with Gasteiger partial charge in [0.25, 0.3) is 0 Å². The van der Waals surface area contributed by atoms with Gasteiger partial charge in [0.2, 0.25) is 0 Å². The minimum atomic E-state index is -0.0708. The molecule has 5 aliphatic carbocycles. The van der Waals surface area contributed by atoms with E-state index in [2.05, 4.69) is 59.3 Å². The van der Waals surface area contributed by atoms with E-state index in [1.807, 2.05) is 54.9 Å². The second kappa shape index (κ2) is 15.1. The van der Waals surface area contributed by atoms with Gasteiger partial charge in [0, 0.05) is 29.4 Å². The second-order valence-electron chi connectivity index (χ2n) is 19.0. The lowest BCUT2D eigenvalue weighted by atomic mass is 9.32. The molecule has 0 saturated heterocycles. The van der Waals surface area contributed by atoms with Gasteiger partial charge in [-0.25, -0.2) is 4.57 Å². The van der Waals surface area contributed by atoms with Crippen LogP contribution in [0.5, 0.6) is 0 Å². The fraction of sp³-hybridized carbons (Fsp3) is 0.681. The highest BCUT2D eigenvalue weighted by Crippen LogP contribution is 2.77. The molecule has 1 heterocycles. The van der Waals surface area contributed by atoms with E-state index >= 15 is 0 Å². The molecule has 52 heavy (non-hydrogen) atoms. The third-order valence-corrected chi connectivity index (χ3v) is 16.3. The molecule has 5 nitrogen and oxygen atoms in total. The van der Waals surface area contributed by atoms with Gasteiger partial charge in [-0.3, -0.25) is 9.59 Å². The quantitative estimate of drug-likeness (QED) is 0.0938. The van der Waals surface area contributed by atoms with Gasteiger partial charge in [-0.2, -0.15) is 0 Å². The number of fused-ring (bicyclic) bond motifs is 7. The molecule has 1 aromatic heterocycles. The summed E-state index contributed by atoms with van der Waals surface area (Å²) < 4.78 is 14.6. The Labute approximate surface area is 315 Å². The number of pyridine rings is 1. The third kappa shape index (κ3) is 6.81. The van der Waals surface area contributed by atoms with Crippen molar-refractivity contribution in [2.24, 2.45) is 56.7 Å². The van der Waals surface area contributed by atoms with Crippen molar-refractivity contribution in [1.82, 2.24) is 0 Å². The summed E-state index contributed by atoms with van der Waals surface area (Å²) in [5, 5.41) is 0. The van der Waals surface area contributed by atoms with Crippen LogP contribution >= 0.6 is 0 Å². The van der Waals surface area contributed by atoms with Crippen molar-refractivity contribution in [2.45, 2.75) is 138 Å². The topological polar surface area (TPSA) is 56.5 Å². The first-order chi connectivity index (χ1) is 24.7. The summed E-state index contributed by atoms with van der Waals surface area (Å²) in [6.45, 7) is 24.5. The van der Waals surface area contributed by atoms with Gasteiger partial charge in [-0.05, 0) is 123 Å². The Morgan fingerprint density at radius 1 is 0.808 bits per heavy atom. The highest BCUT2D eigenvalue weighted by atomic mass is 16.5. The van der Waals surface area contributed by atoms with E-state index in [-0.39, 0.29) is 45.1 Å². The van der Waals surface area contributed by atoms with Gasteiger partial charge >= 0.3 is 11.9 Å². The SMILES string of the molecule is C=C/C=C\C=C/CCC(=O)OC[C@]12CC[C@@H](C(=C)C)C1C1CCC3[C@@]4(C)CC[C@H](OC(=O)CC[n+]5ccccc5)C(C)(C)C4CC[C@@]3(C)[C@]1(C)CC2. The lowest BCUT2D eigenvalue weighted by Gasteiger charge is -2.73. The molecule has 0 amide bonds. The van der Waals surface area contributed by atoms with E-state index < -0.39 is 0 Å². The normalized spacial score (nSPS) is 39.2. The van der Waals surface area contributed by atoms with Gasteiger partial charge in [0.15, 0.2) is 18.9 Å². The molecule has 0 radical (unpaired) electrons. The monoisotopic (exact) mass is 711 g/mol. The molecule has 1 aromatic rings. The molecule has 0 aliphatic heterocycles. The van der Waals surface area contributed by atoms with Gasteiger partial charge in [0.05, 0.1) is 6.61 Å². The maximum Gasteiger partial charge on any atom is 0.312 e. The minimum Gasteiger partial charge on any atom is -0.465 e. The van der Waals surface area contributed by atoms with Gasteiger partial charge in [-0.15, -0.1) is 0 Å². The number of carbonyl (C=O) groups is 2. The summed E-state index contributed by atoms with van der Waals surface area (Å²) in [5.41, 5.74) is 2.00. The second-order valence-corrected chi connectivity index (χ2v) is 19.0. The minimum absolute atomic E-state index is 0.0342. The molecule has 5 heteroatoms. The van der Waals surface area contributed by atoms with E-state index in [9.17, 15) is 9.59 Å². The van der Waals surface area contributed by atoms with E-state index in [1.54, 1.807) is 6.08 Å². The Morgan fingerprint density at radius 3 is 2.31 bits per heavy atom. The van der Waals surface area contributed by atoms with E-state index in [4.69, 9.17) is 9.47 Å². The maximum absolute atomic E-state index is 13.2. The summed E-state index contributed by atoms with van der Waals surface area (Å²) in [6, 6.07) is 6.00. The molecule has 4 unspecified atom stereocenters. The van der Waals surface area contributed by atoms with Crippen LogP contribution in [-0.2, 0) is 25.6 Å². The molecular weight excluding hydrogens is 643 g/mol. The Hall–Kier alpha value is -2.95. The van der Waals surface area contributed by atoms with E-state index in [0.717, 1.165) is 25.7 Å². The average Bonchev–Trinajstić information content (AvgIpc) is 3.50. The molecule has 10 atom stereocenters. The van der Waals surface area contributed by atoms with Crippen molar-refractivity contribution in [2.75, 3.05) is 6.61 Å². The van der Waals surface area contributed by atoms with E-state index in [1.165, 1.54) is 44.1 Å². The third-order valence-electron chi connectivity index (χ3n) is 16.3. The largest absolute Gasteiger partial charge is 0.465 e. The first-order valence-corrected chi connectivity index (χ1v) is 20.6. The van der Waals surface area contributed by atoms with Crippen LogP contribution in [0.1, 0.15) is 125 Å². The number of esters is 2. The molecule has 0 aromatic carbocycles. The smallest absolute Gasteiger partial charge is 0.312 e. The summed E-state index contributed by atoms with van der Waals surface area (Å²) in [7, 11) is 0. The van der Waals surface area contributed by atoms with Crippen molar-refractivity contribution in [3.05, 3.63) is 79.7 Å². The number of carbonyl (C=O) groups excluding carboxylic acids is 2. The Kier molecular flexibility index (Phi) is 11.2. The number of hydrogen-bond donors (Lipinski definition) is 0. The van der Waals surface area contributed by atoms with Gasteiger partial charge < -0.3 is 9.47 Å². The Bertz CT molecular complexity index is 1540. The van der Waals surface area contributed by atoms with Crippen molar-refractivity contribution < 1.29 is 23.6 Å². The lowest BCUT2D eigenvalue weighted by molar-refractivity contribution is -0.696. The maximum atomic E-state index is 13.2. The van der Waals surface area contributed by atoms with Crippen molar-refractivity contribution in [3.63, 3.8) is 0 Å². The summed E-state index contributed by atoms with van der Waals surface area (Å²) in [6.07, 6.45) is 26.8. The number of aryl methyl sites for hydroxylation is 1. The van der Waals surface area contributed by atoms with Crippen LogP contribution in [0.15, 0.2) is 79.7 Å². The predicted octanol–water partition coefficient (Wildman–Crippen LogP) is 10.6. The van der Waals surface area contributed by atoms with Gasteiger partial charge in [0.1, 0.15) is 12.5 Å². The van der Waals surface area contributed by atoms with Crippen molar-refractivity contribution in [1.29, 1.82) is 0 Å². The van der Waals surface area contributed by atoms with Crippen molar-refractivity contribution >= 4 is 11.9 Å². The first-order valence-electron chi connectivity index (χ1n) is 20.6. The zero-order valence-corrected chi connectivity index (χ0v) is 33.3. The Balaban J connectivity index is 1.16. The molecule has 6 rings (SSSR count). The number of rotatable bonds is 12. The zero-order valence-electron chi connectivity index (χ0n) is 33.3. The van der Waals surface area contributed by atoms with Gasteiger partial charge in [-0.1, -0.05) is 89.8 Å². The highest BCUT2D eigenvalue weighted by Gasteiger charge is 2.71. The van der Waals surface area contributed by atoms with Crippen LogP contribution in [0.2, 0.25) is 0 Å². The number of aromatic nitrogens is 1. The van der Waals surface area contributed by atoms with E-state index in [0.29, 0.717) is 62.0 Å². The molecule has 0 bridgehead atoms. The number of hydrogen-bond acceptors (Lipinski definition) is 4. The van der Waals surface area contributed by atoms with Crippen molar-refractivity contribution in [3.8, 4) is 0 Å². The number of nitrogens with zero attached hydrogens (tertiary/aromatic N) is 1. The molecule has 0 spiro atoms. The first kappa shape index (κ1) is 38.8. The van der Waals surface area contributed by atoms with Crippen LogP contribution < -0.4 is 4.57 Å². The summed E-state index contributed by atoms with van der Waals surface area (Å²) in [4.78, 5) is 26.2. The molecule has 5 aliphatic rings. The van der Waals surface area contributed by atoms with Crippen LogP contribution in [0.4, 0.5) is 0 Å².